The molecule has 76 valence electrons. The molecule has 0 spiro atoms. The van der Waals surface area contributed by atoms with E-state index in [1.54, 1.807) is 0 Å². The summed E-state index contributed by atoms with van der Waals surface area (Å²) in [4.78, 5) is 11.2. The zero-order valence-corrected chi connectivity index (χ0v) is 8.79. The topological polar surface area (TPSA) is 59.8 Å². The quantitative estimate of drug-likeness (QED) is 0.649. The van der Waals surface area contributed by atoms with Crippen molar-refractivity contribution in [2.45, 2.75) is 23.9 Å². The highest BCUT2D eigenvalue weighted by atomic mass is 32.1. The molecule has 1 aliphatic heterocycles. The van der Waals surface area contributed by atoms with Crippen LogP contribution < -0.4 is 5.32 Å². The lowest BCUT2D eigenvalue weighted by molar-refractivity contribution is -0.122. The Hall–Kier alpha value is -1.04. The SMILES string of the molecule is Cn1c(S)nnc1C1CCNC(=O)C1. The van der Waals surface area contributed by atoms with Gasteiger partial charge in [-0.3, -0.25) is 4.79 Å². The Morgan fingerprint density at radius 2 is 2.36 bits per heavy atom. The van der Waals surface area contributed by atoms with Crippen molar-refractivity contribution in [2.75, 3.05) is 6.54 Å². The fourth-order valence-electron chi connectivity index (χ4n) is 1.69. The van der Waals surface area contributed by atoms with Crippen LogP contribution in [0.1, 0.15) is 24.6 Å². The van der Waals surface area contributed by atoms with Gasteiger partial charge in [0, 0.05) is 25.9 Å². The van der Waals surface area contributed by atoms with Gasteiger partial charge in [-0.05, 0) is 6.42 Å². The van der Waals surface area contributed by atoms with E-state index < -0.39 is 0 Å². The summed E-state index contributed by atoms with van der Waals surface area (Å²) in [5.74, 6) is 1.12. The second-order valence-corrected chi connectivity index (χ2v) is 3.86. The van der Waals surface area contributed by atoms with Gasteiger partial charge in [-0.25, -0.2) is 0 Å². The third-order valence-electron chi connectivity index (χ3n) is 2.50. The van der Waals surface area contributed by atoms with Crippen LogP contribution in [0.3, 0.4) is 0 Å². The number of aromatic nitrogens is 3. The van der Waals surface area contributed by atoms with E-state index >= 15 is 0 Å². The third-order valence-corrected chi connectivity index (χ3v) is 2.89. The van der Waals surface area contributed by atoms with Gasteiger partial charge in [-0.2, -0.15) is 0 Å². The van der Waals surface area contributed by atoms with Gasteiger partial charge in [-0.1, -0.05) is 0 Å². The van der Waals surface area contributed by atoms with Crippen LogP contribution in [0.15, 0.2) is 5.16 Å². The minimum atomic E-state index is 0.0879. The molecular formula is C8H12N4OS. The first-order valence-corrected chi connectivity index (χ1v) is 4.98. The van der Waals surface area contributed by atoms with Crippen LogP contribution in [0.4, 0.5) is 0 Å². The lowest BCUT2D eigenvalue weighted by Gasteiger charge is -2.20. The monoisotopic (exact) mass is 212 g/mol. The van der Waals surface area contributed by atoms with Crippen molar-refractivity contribution in [3.8, 4) is 0 Å². The standard InChI is InChI=1S/C8H12N4OS/c1-12-7(10-11-8(12)14)5-2-3-9-6(13)4-5/h5H,2-4H2,1H3,(H,9,13)(H,11,14). The molecule has 1 N–H and O–H groups in total. The second-order valence-electron chi connectivity index (χ2n) is 3.46. The first-order chi connectivity index (χ1) is 6.68. The summed E-state index contributed by atoms with van der Waals surface area (Å²) in [6.07, 6.45) is 1.42. The molecule has 1 aliphatic rings. The molecule has 14 heavy (non-hydrogen) atoms. The van der Waals surface area contributed by atoms with E-state index in [0.717, 1.165) is 18.8 Å². The van der Waals surface area contributed by atoms with Crippen LogP contribution in [-0.4, -0.2) is 27.2 Å². The van der Waals surface area contributed by atoms with E-state index in [0.29, 0.717) is 11.6 Å². The second kappa shape index (κ2) is 3.61. The average molecular weight is 212 g/mol. The Bertz CT molecular complexity index is 362. The first-order valence-electron chi connectivity index (χ1n) is 4.53. The van der Waals surface area contributed by atoms with Crippen LogP contribution >= 0.6 is 12.6 Å². The van der Waals surface area contributed by atoms with Gasteiger partial charge in [0.1, 0.15) is 5.82 Å². The fourth-order valence-corrected chi connectivity index (χ4v) is 1.84. The minimum Gasteiger partial charge on any atom is -0.356 e. The smallest absolute Gasteiger partial charge is 0.220 e. The Labute approximate surface area is 87.3 Å². The number of hydrogen-bond acceptors (Lipinski definition) is 4. The van der Waals surface area contributed by atoms with E-state index in [2.05, 4.69) is 28.1 Å². The number of piperidine rings is 1. The molecule has 0 aliphatic carbocycles. The van der Waals surface area contributed by atoms with E-state index in [1.165, 1.54) is 0 Å². The number of carbonyl (C=O) groups is 1. The normalized spacial score (nSPS) is 22.1. The average Bonchev–Trinajstić information content (AvgIpc) is 2.48. The highest BCUT2D eigenvalue weighted by molar-refractivity contribution is 7.80. The largest absolute Gasteiger partial charge is 0.356 e. The Morgan fingerprint density at radius 1 is 1.57 bits per heavy atom. The molecule has 2 heterocycles. The molecule has 0 radical (unpaired) electrons. The lowest BCUT2D eigenvalue weighted by atomic mass is 9.97. The minimum absolute atomic E-state index is 0.0879. The molecule has 1 fully saturated rings. The summed E-state index contributed by atoms with van der Waals surface area (Å²) in [5, 5.41) is 11.3. The summed E-state index contributed by atoms with van der Waals surface area (Å²) < 4.78 is 1.83. The Balaban J connectivity index is 2.22. The van der Waals surface area contributed by atoms with E-state index in [9.17, 15) is 4.79 Å². The van der Waals surface area contributed by atoms with Gasteiger partial charge in [0.2, 0.25) is 5.91 Å². The summed E-state index contributed by atoms with van der Waals surface area (Å²) >= 11 is 4.15. The van der Waals surface area contributed by atoms with E-state index in [-0.39, 0.29) is 11.8 Å². The zero-order valence-electron chi connectivity index (χ0n) is 7.90. The van der Waals surface area contributed by atoms with Crippen molar-refractivity contribution in [1.82, 2.24) is 20.1 Å². The summed E-state index contributed by atoms with van der Waals surface area (Å²) in [6.45, 7) is 0.721. The molecule has 1 unspecified atom stereocenters. The van der Waals surface area contributed by atoms with Crippen LogP contribution in [0.5, 0.6) is 0 Å². The molecule has 1 amide bonds. The highest BCUT2D eigenvalue weighted by Gasteiger charge is 2.24. The van der Waals surface area contributed by atoms with Gasteiger partial charge >= 0.3 is 0 Å². The Kier molecular flexibility index (Phi) is 2.45. The first kappa shape index (κ1) is 9.51. The van der Waals surface area contributed by atoms with Crippen molar-refractivity contribution in [1.29, 1.82) is 0 Å². The zero-order chi connectivity index (χ0) is 10.1. The summed E-state index contributed by atoms with van der Waals surface area (Å²) in [7, 11) is 1.87. The molecule has 1 atom stereocenters. The maximum absolute atomic E-state index is 11.2. The number of nitrogens with one attached hydrogen (secondary N) is 1. The highest BCUT2D eigenvalue weighted by Crippen LogP contribution is 2.24. The molecule has 1 saturated heterocycles. The Morgan fingerprint density at radius 3 is 2.93 bits per heavy atom. The maximum Gasteiger partial charge on any atom is 0.220 e. The van der Waals surface area contributed by atoms with Gasteiger partial charge in [0.15, 0.2) is 5.16 Å². The van der Waals surface area contributed by atoms with Crippen LogP contribution in [0, 0.1) is 0 Å². The number of hydrogen-bond donors (Lipinski definition) is 2. The van der Waals surface area contributed by atoms with Crippen LogP contribution in [0.25, 0.3) is 0 Å². The molecule has 6 heteroatoms. The lowest BCUT2D eigenvalue weighted by Crippen LogP contribution is -2.33. The van der Waals surface area contributed by atoms with Crippen molar-refractivity contribution in [2.24, 2.45) is 7.05 Å². The maximum atomic E-state index is 11.2. The van der Waals surface area contributed by atoms with E-state index in [1.807, 2.05) is 11.6 Å². The van der Waals surface area contributed by atoms with Crippen molar-refractivity contribution < 1.29 is 4.79 Å². The molecule has 0 bridgehead atoms. The molecule has 1 aromatic rings. The predicted molar refractivity (Wildman–Crippen MR) is 53.2 cm³/mol. The number of amides is 1. The summed E-state index contributed by atoms with van der Waals surface area (Å²) in [5.41, 5.74) is 0. The molecule has 5 nitrogen and oxygen atoms in total. The number of carbonyl (C=O) groups excluding carboxylic acids is 1. The molecule has 0 aromatic carbocycles. The molecule has 1 aromatic heterocycles. The molecule has 0 saturated carbocycles. The molecular weight excluding hydrogens is 200 g/mol. The number of rotatable bonds is 1. The van der Waals surface area contributed by atoms with Crippen LogP contribution in [-0.2, 0) is 11.8 Å². The van der Waals surface area contributed by atoms with Crippen molar-refractivity contribution >= 4 is 18.5 Å². The van der Waals surface area contributed by atoms with Gasteiger partial charge < -0.3 is 9.88 Å². The van der Waals surface area contributed by atoms with Gasteiger partial charge in [-0.15, -0.1) is 22.8 Å². The van der Waals surface area contributed by atoms with Crippen LogP contribution in [0.2, 0.25) is 0 Å². The van der Waals surface area contributed by atoms with Gasteiger partial charge in [0.25, 0.3) is 0 Å². The van der Waals surface area contributed by atoms with Gasteiger partial charge in [0.05, 0.1) is 0 Å². The summed E-state index contributed by atoms with van der Waals surface area (Å²) in [6, 6.07) is 0. The fraction of sp³-hybridized carbons (Fsp3) is 0.625. The van der Waals surface area contributed by atoms with Crippen molar-refractivity contribution in [3.63, 3.8) is 0 Å². The predicted octanol–water partition coefficient (Wildman–Crippen LogP) is 0.0974. The third kappa shape index (κ3) is 1.61. The molecule has 2 rings (SSSR count). The number of nitrogens with zero attached hydrogens (tertiary/aromatic N) is 3. The van der Waals surface area contributed by atoms with Crippen molar-refractivity contribution in [3.05, 3.63) is 5.82 Å². The van der Waals surface area contributed by atoms with E-state index in [4.69, 9.17) is 0 Å². The number of thiol groups is 1.